The van der Waals surface area contributed by atoms with Crippen LogP contribution in [0, 0.1) is 0 Å². The summed E-state index contributed by atoms with van der Waals surface area (Å²) < 4.78 is 27.7. The Balaban J connectivity index is 1.58. The monoisotopic (exact) mass is 502 g/mol. The quantitative estimate of drug-likeness (QED) is 0.251. The van der Waals surface area contributed by atoms with Gasteiger partial charge in [-0.1, -0.05) is 65.7 Å². The van der Waals surface area contributed by atoms with E-state index >= 15 is 0 Å². The average Bonchev–Trinajstić information content (AvgIpc) is 3.29. The third-order valence-electron chi connectivity index (χ3n) is 4.92. The van der Waals surface area contributed by atoms with E-state index in [9.17, 15) is 8.42 Å². The molecule has 0 fully saturated rings. The zero-order valence-electron chi connectivity index (χ0n) is 16.9. The van der Waals surface area contributed by atoms with E-state index < -0.39 is 9.84 Å². The molecule has 0 saturated heterocycles. The molecule has 32 heavy (non-hydrogen) atoms. The number of hydrogen-bond acceptors (Lipinski definition) is 4. The molecule has 4 rings (SSSR count). The number of aromatic nitrogens is 2. The molecule has 1 atom stereocenters. The van der Waals surface area contributed by atoms with Gasteiger partial charge in [-0.3, -0.25) is 0 Å². The lowest BCUT2D eigenvalue weighted by atomic mass is 10.1. The summed E-state index contributed by atoms with van der Waals surface area (Å²) in [6.07, 6.45) is 5.41. The summed E-state index contributed by atoms with van der Waals surface area (Å²) in [7, 11) is -3.43. The normalized spacial score (nSPS) is 12.6. The number of rotatable bonds is 8. The van der Waals surface area contributed by atoms with Crippen LogP contribution in [-0.2, 0) is 22.1 Å². The van der Waals surface area contributed by atoms with E-state index in [-0.39, 0.29) is 11.0 Å². The minimum absolute atomic E-state index is 0.0207. The van der Waals surface area contributed by atoms with Crippen LogP contribution in [0.4, 0.5) is 0 Å². The first kappa shape index (κ1) is 22.9. The Bertz CT molecular complexity index is 1280. The van der Waals surface area contributed by atoms with Gasteiger partial charge in [0, 0.05) is 23.8 Å². The SMILES string of the molecule is O=S(=O)(Cc1ccccc1)c1ccc(C(Cn2ccnc2)Sc2ccc(Cl)c(Cl)c2)cc1. The van der Waals surface area contributed by atoms with Gasteiger partial charge in [0.25, 0.3) is 0 Å². The first-order chi connectivity index (χ1) is 15.4. The van der Waals surface area contributed by atoms with Crippen LogP contribution in [0.3, 0.4) is 0 Å². The second kappa shape index (κ2) is 10.1. The standard InChI is InChI=1S/C24H20Cl2N2O2S2/c25-22-11-8-20(14-23(22)26)31-24(15-28-13-12-27-17-28)19-6-9-21(10-7-19)32(29,30)16-18-4-2-1-3-5-18/h1-14,17,24H,15-16H2. The van der Waals surface area contributed by atoms with Gasteiger partial charge < -0.3 is 4.57 Å². The van der Waals surface area contributed by atoms with Crippen LogP contribution in [0.15, 0.2) is 101 Å². The summed E-state index contributed by atoms with van der Waals surface area (Å²) in [4.78, 5) is 5.41. The Labute approximate surface area is 202 Å². The molecule has 4 nitrogen and oxygen atoms in total. The number of benzene rings is 3. The summed E-state index contributed by atoms with van der Waals surface area (Å²) in [5.74, 6) is -0.0241. The van der Waals surface area contributed by atoms with Crippen LogP contribution in [0.25, 0.3) is 0 Å². The lowest BCUT2D eigenvalue weighted by molar-refractivity contribution is 0.595. The van der Waals surface area contributed by atoms with Crippen molar-refractivity contribution in [1.82, 2.24) is 9.55 Å². The van der Waals surface area contributed by atoms with Gasteiger partial charge in [0.2, 0.25) is 0 Å². The van der Waals surface area contributed by atoms with Crippen molar-refractivity contribution in [2.24, 2.45) is 0 Å². The van der Waals surface area contributed by atoms with Crippen LogP contribution in [0.1, 0.15) is 16.4 Å². The number of thioether (sulfide) groups is 1. The Morgan fingerprint density at radius 1 is 0.938 bits per heavy atom. The predicted octanol–water partition coefficient (Wildman–Crippen LogP) is 6.70. The Hall–Kier alpha value is -2.25. The van der Waals surface area contributed by atoms with Crippen molar-refractivity contribution in [2.75, 3.05) is 0 Å². The molecule has 0 radical (unpaired) electrons. The van der Waals surface area contributed by atoms with Crippen molar-refractivity contribution in [3.05, 3.63) is 113 Å². The van der Waals surface area contributed by atoms with Gasteiger partial charge in [-0.05, 0) is 41.5 Å². The van der Waals surface area contributed by atoms with Gasteiger partial charge in [-0.25, -0.2) is 13.4 Å². The highest BCUT2D eigenvalue weighted by atomic mass is 35.5. The van der Waals surface area contributed by atoms with Gasteiger partial charge in [-0.2, -0.15) is 0 Å². The van der Waals surface area contributed by atoms with Gasteiger partial charge in [-0.15, -0.1) is 11.8 Å². The zero-order valence-corrected chi connectivity index (χ0v) is 20.1. The molecule has 4 aromatic rings. The zero-order chi connectivity index (χ0) is 22.6. The molecule has 0 saturated carbocycles. The van der Waals surface area contributed by atoms with E-state index in [2.05, 4.69) is 4.98 Å². The lowest BCUT2D eigenvalue weighted by Gasteiger charge is -2.18. The maximum atomic E-state index is 12.9. The van der Waals surface area contributed by atoms with E-state index in [1.165, 1.54) is 0 Å². The fourth-order valence-corrected chi connectivity index (χ4v) is 6.19. The third-order valence-corrected chi connectivity index (χ3v) is 8.59. The Kier molecular flexibility index (Phi) is 7.26. The van der Waals surface area contributed by atoms with E-state index in [0.717, 1.165) is 16.0 Å². The maximum Gasteiger partial charge on any atom is 0.182 e. The molecule has 0 aliphatic heterocycles. The Morgan fingerprint density at radius 2 is 1.69 bits per heavy atom. The highest BCUT2D eigenvalue weighted by Gasteiger charge is 2.19. The number of imidazole rings is 1. The molecule has 1 unspecified atom stereocenters. The molecule has 0 aliphatic rings. The van der Waals surface area contributed by atoms with E-state index in [0.29, 0.717) is 21.5 Å². The van der Waals surface area contributed by atoms with E-state index in [1.807, 2.05) is 65.4 Å². The molecule has 0 spiro atoms. The summed E-state index contributed by atoms with van der Waals surface area (Å²) in [6.45, 7) is 0.668. The largest absolute Gasteiger partial charge is 0.336 e. The van der Waals surface area contributed by atoms with Gasteiger partial charge >= 0.3 is 0 Å². The van der Waals surface area contributed by atoms with Crippen molar-refractivity contribution in [1.29, 1.82) is 0 Å². The predicted molar refractivity (Wildman–Crippen MR) is 131 cm³/mol. The summed E-state index contributed by atoms with van der Waals surface area (Å²) >= 11 is 13.9. The second-order valence-corrected chi connectivity index (χ2v) is 11.3. The second-order valence-electron chi connectivity index (χ2n) is 7.26. The molecule has 3 aromatic carbocycles. The molecule has 8 heteroatoms. The minimum Gasteiger partial charge on any atom is -0.336 e. The van der Waals surface area contributed by atoms with E-state index in [1.54, 1.807) is 42.5 Å². The van der Waals surface area contributed by atoms with Crippen LogP contribution < -0.4 is 0 Å². The summed E-state index contributed by atoms with van der Waals surface area (Å²) in [5, 5.41) is 1.03. The number of hydrogen-bond donors (Lipinski definition) is 0. The highest BCUT2D eigenvalue weighted by molar-refractivity contribution is 7.99. The topological polar surface area (TPSA) is 52.0 Å². The lowest BCUT2D eigenvalue weighted by Crippen LogP contribution is -2.07. The van der Waals surface area contributed by atoms with Crippen LogP contribution in [0.2, 0.25) is 10.0 Å². The molecular formula is C24H20Cl2N2O2S2. The van der Waals surface area contributed by atoms with Crippen LogP contribution in [-0.4, -0.2) is 18.0 Å². The summed E-state index contributed by atoms with van der Waals surface area (Å²) in [5.41, 5.74) is 1.78. The maximum absolute atomic E-state index is 12.9. The average molecular weight is 503 g/mol. The van der Waals surface area contributed by atoms with Crippen molar-refractivity contribution in [2.45, 2.75) is 27.3 Å². The van der Waals surface area contributed by atoms with Crippen LogP contribution >= 0.6 is 35.0 Å². The summed E-state index contributed by atoms with van der Waals surface area (Å²) in [6, 6.07) is 21.9. The Morgan fingerprint density at radius 3 is 2.34 bits per heavy atom. The van der Waals surface area contributed by atoms with Crippen molar-refractivity contribution in [3.63, 3.8) is 0 Å². The number of sulfone groups is 1. The highest BCUT2D eigenvalue weighted by Crippen LogP contribution is 2.39. The number of halogens is 2. The molecule has 0 N–H and O–H groups in total. The fourth-order valence-electron chi connectivity index (χ4n) is 3.28. The van der Waals surface area contributed by atoms with Crippen molar-refractivity contribution < 1.29 is 8.42 Å². The van der Waals surface area contributed by atoms with Gasteiger partial charge in [0.1, 0.15) is 0 Å². The third kappa shape index (κ3) is 5.75. The van der Waals surface area contributed by atoms with Gasteiger partial charge in [0.05, 0.1) is 32.3 Å². The van der Waals surface area contributed by atoms with Gasteiger partial charge in [0.15, 0.2) is 9.84 Å². The molecule has 1 aromatic heterocycles. The van der Waals surface area contributed by atoms with Crippen molar-refractivity contribution >= 4 is 44.8 Å². The first-order valence-electron chi connectivity index (χ1n) is 9.85. The van der Waals surface area contributed by atoms with E-state index in [4.69, 9.17) is 23.2 Å². The molecule has 164 valence electrons. The smallest absolute Gasteiger partial charge is 0.182 e. The molecule has 1 heterocycles. The molecular weight excluding hydrogens is 483 g/mol. The van der Waals surface area contributed by atoms with Crippen LogP contribution in [0.5, 0.6) is 0 Å². The first-order valence-corrected chi connectivity index (χ1v) is 13.1. The molecule has 0 aliphatic carbocycles. The molecule has 0 amide bonds. The fraction of sp³-hybridized carbons (Fsp3) is 0.125. The number of nitrogens with zero attached hydrogens (tertiary/aromatic N) is 2. The minimum atomic E-state index is -3.43. The van der Waals surface area contributed by atoms with Crippen molar-refractivity contribution in [3.8, 4) is 0 Å². The molecule has 0 bridgehead atoms.